The molecule has 1 aromatic heterocycles. The smallest absolute Gasteiger partial charge is 0.390 e. The summed E-state index contributed by atoms with van der Waals surface area (Å²) >= 11 is 0. The predicted molar refractivity (Wildman–Crippen MR) is 61.2 cm³/mol. The lowest BCUT2D eigenvalue weighted by Gasteiger charge is -2.34. The van der Waals surface area contributed by atoms with Crippen molar-refractivity contribution >= 4 is 5.82 Å². The van der Waals surface area contributed by atoms with Crippen molar-refractivity contribution in [3.63, 3.8) is 0 Å². The average molecular weight is 260 g/mol. The number of nitrogens with zero attached hydrogens (tertiary/aromatic N) is 2. The van der Waals surface area contributed by atoms with Crippen molar-refractivity contribution in [3.05, 3.63) is 23.9 Å². The van der Waals surface area contributed by atoms with E-state index in [2.05, 4.69) is 4.98 Å². The van der Waals surface area contributed by atoms with Gasteiger partial charge in [-0.05, 0) is 25.0 Å². The molecule has 1 unspecified atom stereocenters. The lowest BCUT2D eigenvalue weighted by Crippen LogP contribution is -2.42. The normalized spacial score (nSPS) is 21.1. The monoisotopic (exact) mass is 260 g/mol. The number of piperidine rings is 1. The maximum Gasteiger partial charge on any atom is 0.393 e. The second kappa shape index (κ2) is 5.14. The first kappa shape index (κ1) is 13.1. The zero-order valence-corrected chi connectivity index (χ0v) is 9.82. The van der Waals surface area contributed by atoms with Gasteiger partial charge in [0.05, 0.1) is 18.2 Å². The second-order valence-electron chi connectivity index (χ2n) is 4.47. The fourth-order valence-corrected chi connectivity index (χ4v) is 2.18. The average Bonchev–Trinajstić information content (AvgIpc) is 2.38. The summed E-state index contributed by atoms with van der Waals surface area (Å²) in [5.41, 5.74) is 0.474. The van der Waals surface area contributed by atoms with E-state index in [-0.39, 0.29) is 19.6 Å². The van der Waals surface area contributed by atoms with Crippen molar-refractivity contribution < 1.29 is 18.3 Å². The molecule has 0 radical (unpaired) electrons. The number of aliphatic hydroxyl groups excluding tert-OH is 1. The van der Waals surface area contributed by atoms with Gasteiger partial charge in [-0.2, -0.15) is 13.2 Å². The van der Waals surface area contributed by atoms with Crippen LogP contribution in [0.3, 0.4) is 0 Å². The van der Waals surface area contributed by atoms with Gasteiger partial charge in [-0.15, -0.1) is 0 Å². The molecule has 1 aliphatic rings. The molecule has 1 aromatic rings. The third-order valence-corrected chi connectivity index (χ3v) is 3.16. The quantitative estimate of drug-likeness (QED) is 0.886. The molecule has 3 nitrogen and oxygen atoms in total. The number of alkyl halides is 3. The maximum absolute atomic E-state index is 12.7. The third kappa shape index (κ3) is 2.93. The third-order valence-electron chi connectivity index (χ3n) is 3.16. The van der Waals surface area contributed by atoms with Crippen molar-refractivity contribution in [2.75, 3.05) is 18.0 Å². The maximum atomic E-state index is 12.7. The Kier molecular flexibility index (Phi) is 3.75. The van der Waals surface area contributed by atoms with Gasteiger partial charge in [-0.25, -0.2) is 4.98 Å². The Bertz CT molecular complexity index is 409. The molecule has 1 fully saturated rings. The molecule has 18 heavy (non-hydrogen) atoms. The molecular formula is C12H15F3N2O. The number of rotatable bonds is 2. The SMILES string of the molecule is OCc1cccc(N2CCCC(C(F)(F)F)C2)n1. The van der Waals surface area contributed by atoms with Crippen LogP contribution in [0.1, 0.15) is 18.5 Å². The lowest BCUT2D eigenvalue weighted by molar-refractivity contribution is -0.176. The predicted octanol–water partition coefficient (Wildman–Crippen LogP) is 2.35. The Labute approximate surface area is 103 Å². The van der Waals surface area contributed by atoms with E-state index in [1.807, 2.05) is 0 Å². The first-order chi connectivity index (χ1) is 8.50. The van der Waals surface area contributed by atoms with Gasteiger partial charge in [-0.1, -0.05) is 6.07 Å². The van der Waals surface area contributed by atoms with E-state index in [0.29, 0.717) is 24.5 Å². The van der Waals surface area contributed by atoms with E-state index in [4.69, 9.17) is 5.11 Å². The molecule has 0 aliphatic carbocycles. The highest BCUT2D eigenvalue weighted by molar-refractivity contribution is 5.39. The number of aromatic nitrogens is 1. The molecule has 6 heteroatoms. The Hall–Kier alpha value is -1.30. The fraction of sp³-hybridized carbons (Fsp3) is 0.583. The Morgan fingerprint density at radius 2 is 2.17 bits per heavy atom. The molecule has 0 amide bonds. The molecule has 1 aliphatic heterocycles. The largest absolute Gasteiger partial charge is 0.393 e. The topological polar surface area (TPSA) is 36.4 Å². The summed E-state index contributed by atoms with van der Waals surface area (Å²) in [7, 11) is 0. The summed E-state index contributed by atoms with van der Waals surface area (Å²) in [6.07, 6.45) is -3.46. The van der Waals surface area contributed by atoms with Crippen LogP contribution in [-0.4, -0.2) is 29.4 Å². The van der Waals surface area contributed by atoms with E-state index >= 15 is 0 Å². The molecule has 100 valence electrons. The first-order valence-electron chi connectivity index (χ1n) is 5.89. The lowest BCUT2D eigenvalue weighted by atomic mass is 9.97. The van der Waals surface area contributed by atoms with Gasteiger partial charge in [0.2, 0.25) is 0 Å². The summed E-state index contributed by atoms with van der Waals surface area (Å²) in [6, 6.07) is 5.03. The number of pyridine rings is 1. The van der Waals surface area contributed by atoms with Crippen molar-refractivity contribution in [2.24, 2.45) is 5.92 Å². The van der Waals surface area contributed by atoms with E-state index in [9.17, 15) is 13.2 Å². The summed E-state index contributed by atoms with van der Waals surface area (Å²) in [5, 5.41) is 8.98. The van der Waals surface area contributed by atoms with Gasteiger partial charge in [0.25, 0.3) is 0 Å². The van der Waals surface area contributed by atoms with Crippen LogP contribution in [0.4, 0.5) is 19.0 Å². The number of aliphatic hydroxyl groups is 1. The van der Waals surface area contributed by atoms with E-state index < -0.39 is 12.1 Å². The molecule has 1 saturated heterocycles. The van der Waals surface area contributed by atoms with Crippen LogP contribution >= 0.6 is 0 Å². The van der Waals surface area contributed by atoms with Gasteiger partial charge in [0.15, 0.2) is 0 Å². The molecule has 0 bridgehead atoms. The standard InChI is InChI=1S/C12H15F3N2O/c13-12(14,15)9-3-2-6-17(7-9)11-5-1-4-10(8-18)16-11/h1,4-5,9,18H,2-3,6-8H2. The minimum absolute atomic E-state index is 0.0502. The first-order valence-corrected chi connectivity index (χ1v) is 5.89. The van der Waals surface area contributed by atoms with Crippen LogP contribution in [0.2, 0.25) is 0 Å². The van der Waals surface area contributed by atoms with Gasteiger partial charge in [0, 0.05) is 13.1 Å². The van der Waals surface area contributed by atoms with Crippen LogP contribution in [0.5, 0.6) is 0 Å². The van der Waals surface area contributed by atoms with E-state index in [0.717, 1.165) is 0 Å². The summed E-state index contributed by atoms with van der Waals surface area (Å²) in [6.45, 7) is 0.324. The van der Waals surface area contributed by atoms with Gasteiger partial charge in [-0.3, -0.25) is 0 Å². The van der Waals surface area contributed by atoms with Crippen molar-refractivity contribution in [1.82, 2.24) is 4.98 Å². The molecule has 1 N–H and O–H groups in total. The van der Waals surface area contributed by atoms with E-state index in [1.54, 1.807) is 23.1 Å². The molecule has 0 saturated carbocycles. The molecule has 2 rings (SSSR count). The zero-order valence-electron chi connectivity index (χ0n) is 9.82. The van der Waals surface area contributed by atoms with E-state index in [1.165, 1.54) is 0 Å². The molecule has 0 aromatic carbocycles. The number of hydrogen-bond acceptors (Lipinski definition) is 3. The van der Waals surface area contributed by atoms with Crippen LogP contribution in [-0.2, 0) is 6.61 Å². The van der Waals surface area contributed by atoms with Crippen LogP contribution in [0.25, 0.3) is 0 Å². The van der Waals surface area contributed by atoms with Gasteiger partial charge >= 0.3 is 6.18 Å². The van der Waals surface area contributed by atoms with Crippen molar-refractivity contribution in [2.45, 2.75) is 25.6 Å². The minimum Gasteiger partial charge on any atom is -0.390 e. The Morgan fingerprint density at radius 3 is 2.83 bits per heavy atom. The highest BCUT2D eigenvalue weighted by Gasteiger charge is 2.42. The second-order valence-corrected chi connectivity index (χ2v) is 4.47. The summed E-state index contributed by atoms with van der Waals surface area (Å²) in [5.74, 6) is -0.777. The van der Waals surface area contributed by atoms with Crippen LogP contribution in [0.15, 0.2) is 18.2 Å². The zero-order chi connectivity index (χ0) is 13.2. The van der Waals surface area contributed by atoms with Gasteiger partial charge < -0.3 is 10.0 Å². The summed E-state index contributed by atoms with van der Waals surface area (Å²) < 4.78 is 38.1. The molecule has 0 spiro atoms. The summed E-state index contributed by atoms with van der Waals surface area (Å²) in [4.78, 5) is 5.78. The highest BCUT2D eigenvalue weighted by atomic mass is 19.4. The number of halogens is 3. The van der Waals surface area contributed by atoms with Gasteiger partial charge in [0.1, 0.15) is 5.82 Å². The van der Waals surface area contributed by atoms with Crippen molar-refractivity contribution in [1.29, 1.82) is 0 Å². The number of anilines is 1. The number of hydrogen-bond donors (Lipinski definition) is 1. The van der Waals surface area contributed by atoms with Crippen molar-refractivity contribution in [3.8, 4) is 0 Å². The van der Waals surface area contributed by atoms with Crippen LogP contribution < -0.4 is 4.90 Å². The van der Waals surface area contributed by atoms with Crippen LogP contribution in [0, 0.1) is 5.92 Å². The molecular weight excluding hydrogens is 245 g/mol. The highest BCUT2D eigenvalue weighted by Crippen LogP contribution is 2.34. The Morgan fingerprint density at radius 1 is 1.39 bits per heavy atom. The molecule has 2 heterocycles. The fourth-order valence-electron chi connectivity index (χ4n) is 2.18. The molecule has 1 atom stereocenters. The minimum atomic E-state index is -4.15. The Balaban J connectivity index is 2.13.